The molecule has 4 nitrogen and oxygen atoms in total. The predicted octanol–water partition coefficient (Wildman–Crippen LogP) is 5.87. The van der Waals surface area contributed by atoms with E-state index in [1.807, 2.05) is 78.6 Å². The van der Waals surface area contributed by atoms with Crippen LogP contribution in [0, 0.1) is 0 Å². The first kappa shape index (κ1) is 23.4. The van der Waals surface area contributed by atoms with Crippen molar-refractivity contribution >= 4 is 35.2 Å². The van der Waals surface area contributed by atoms with Gasteiger partial charge in [0.1, 0.15) is 5.37 Å². The fraction of sp³-hybridized carbons (Fsp3) is 0.259. The Morgan fingerprint density at radius 2 is 1.73 bits per heavy atom. The predicted molar refractivity (Wildman–Crippen MR) is 135 cm³/mol. The van der Waals surface area contributed by atoms with Gasteiger partial charge in [-0.3, -0.25) is 9.59 Å². The van der Waals surface area contributed by atoms with Crippen LogP contribution in [-0.4, -0.2) is 28.5 Å². The summed E-state index contributed by atoms with van der Waals surface area (Å²) in [6.07, 6.45) is 1.81. The van der Waals surface area contributed by atoms with Crippen molar-refractivity contribution in [1.82, 2.24) is 10.2 Å². The van der Waals surface area contributed by atoms with Crippen molar-refractivity contribution in [2.75, 3.05) is 5.75 Å². The molecule has 0 radical (unpaired) electrons. The molecule has 1 aliphatic rings. The molecule has 0 aromatic heterocycles. The molecule has 1 fully saturated rings. The van der Waals surface area contributed by atoms with Gasteiger partial charge in [-0.05, 0) is 60.7 Å². The maximum absolute atomic E-state index is 12.7. The van der Waals surface area contributed by atoms with E-state index in [4.69, 9.17) is 11.6 Å². The lowest BCUT2D eigenvalue weighted by molar-refractivity contribution is -0.128. The number of nitrogens with zero attached hydrogens (tertiary/aromatic N) is 1. The molecule has 4 rings (SSSR count). The SMILES string of the molecule is C[C@H](CCc1ccccc1)NC(=O)c1ccc([C@H]2SCC(=O)N2Cc2ccc(Cl)cc2)cc1. The van der Waals surface area contributed by atoms with Crippen LogP contribution in [-0.2, 0) is 17.8 Å². The number of carbonyl (C=O) groups excluding carboxylic acids is 2. The van der Waals surface area contributed by atoms with Gasteiger partial charge in [-0.15, -0.1) is 11.8 Å². The molecule has 2 atom stereocenters. The molecule has 0 unspecified atom stereocenters. The molecule has 2 amide bonds. The highest BCUT2D eigenvalue weighted by atomic mass is 35.5. The maximum Gasteiger partial charge on any atom is 0.251 e. The zero-order valence-electron chi connectivity index (χ0n) is 18.5. The van der Waals surface area contributed by atoms with E-state index in [-0.39, 0.29) is 23.2 Å². The summed E-state index contributed by atoms with van der Waals surface area (Å²) in [5.74, 6) is 0.503. The molecule has 3 aromatic carbocycles. The van der Waals surface area contributed by atoms with Crippen molar-refractivity contribution in [2.45, 2.75) is 37.7 Å². The first-order chi connectivity index (χ1) is 16.0. The fourth-order valence-electron chi connectivity index (χ4n) is 3.89. The number of benzene rings is 3. The lowest BCUT2D eigenvalue weighted by Crippen LogP contribution is -2.33. The standard InChI is InChI=1S/C27H27ClN2O2S/c1-19(7-8-20-5-3-2-4-6-20)29-26(32)22-11-13-23(14-12-22)27-30(25(31)18-33-27)17-21-9-15-24(28)16-10-21/h2-6,9-16,19,27H,7-8,17-18H2,1H3,(H,29,32)/t19-,27-/m1/s1. The normalized spacial score (nSPS) is 16.6. The van der Waals surface area contributed by atoms with Gasteiger partial charge < -0.3 is 10.2 Å². The van der Waals surface area contributed by atoms with Crippen molar-refractivity contribution in [1.29, 1.82) is 0 Å². The number of hydrogen-bond acceptors (Lipinski definition) is 3. The summed E-state index contributed by atoms with van der Waals surface area (Å²) >= 11 is 7.59. The number of hydrogen-bond donors (Lipinski definition) is 1. The number of halogens is 1. The second-order valence-corrected chi connectivity index (χ2v) is 9.84. The van der Waals surface area contributed by atoms with Gasteiger partial charge >= 0.3 is 0 Å². The van der Waals surface area contributed by atoms with E-state index in [0.29, 0.717) is 22.9 Å². The molecular weight excluding hydrogens is 452 g/mol. The van der Waals surface area contributed by atoms with Crippen LogP contribution in [0.4, 0.5) is 0 Å². The van der Waals surface area contributed by atoms with Gasteiger partial charge in [-0.1, -0.05) is 66.2 Å². The smallest absolute Gasteiger partial charge is 0.251 e. The van der Waals surface area contributed by atoms with Crippen LogP contribution in [0.25, 0.3) is 0 Å². The summed E-state index contributed by atoms with van der Waals surface area (Å²) in [5.41, 5.74) is 3.97. The number of thioether (sulfide) groups is 1. The van der Waals surface area contributed by atoms with Crippen molar-refractivity contribution in [3.8, 4) is 0 Å². The van der Waals surface area contributed by atoms with Gasteiger partial charge in [0.2, 0.25) is 5.91 Å². The number of rotatable bonds is 8. The van der Waals surface area contributed by atoms with Gasteiger partial charge in [-0.2, -0.15) is 0 Å². The largest absolute Gasteiger partial charge is 0.350 e. The minimum atomic E-state index is -0.0738. The Morgan fingerprint density at radius 1 is 1.03 bits per heavy atom. The van der Waals surface area contributed by atoms with E-state index >= 15 is 0 Å². The van der Waals surface area contributed by atoms with Gasteiger partial charge in [0.15, 0.2) is 0 Å². The second kappa shape index (κ2) is 10.9. The third-order valence-corrected chi connectivity index (χ3v) is 7.29. The average molecular weight is 479 g/mol. The Morgan fingerprint density at radius 3 is 2.42 bits per heavy atom. The van der Waals surface area contributed by atoms with Crippen LogP contribution in [0.1, 0.15) is 45.8 Å². The van der Waals surface area contributed by atoms with Gasteiger partial charge in [0, 0.05) is 23.2 Å². The minimum Gasteiger partial charge on any atom is -0.350 e. The van der Waals surface area contributed by atoms with Gasteiger partial charge in [0.05, 0.1) is 5.75 Å². The molecule has 3 aromatic rings. The monoisotopic (exact) mass is 478 g/mol. The summed E-state index contributed by atoms with van der Waals surface area (Å²) in [6, 6.07) is 25.5. The van der Waals surface area contributed by atoms with E-state index in [1.165, 1.54) is 5.56 Å². The lowest BCUT2D eigenvalue weighted by Gasteiger charge is -2.24. The molecule has 6 heteroatoms. The Labute approximate surface area is 204 Å². The summed E-state index contributed by atoms with van der Waals surface area (Å²) in [5, 5.41) is 3.71. The van der Waals surface area contributed by atoms with E-state index in [0.717, 1.165) is 24.0 Å². The molecule has 1 N–H and O–H groups in total. The molecule has 0 aliphatic carbocycles. The van der Waals surface area contributed by atoms with Crippen LogP contribution in [0.5, 0.6) is 0 Å². The fourth-order valence-corrected chi connectivity index (χ4v) is 5.21. The van der Waals surface area contributed by atoms with Crippen molar-refractivity contribution in [3.63, 3.8) is 0 Å². The van der Waals surface area contributed by atoms with Crippen LogP contribution in [0.3, 0.4) is 0 Å². The van der Waals surface area contributed by atoms with Gasteiger partial charge in [0.25, 0.3) is 5.91 Å². The molecule has 0 saturated carbocycles. The van der Waals surface area contributed by atoms with E-state index in [9.17, 15) is 9.59 Å². The number of amides is 2. The molecule has 0 spiro atoms. The van der Waals surface area contributed by atoms with Crippen LogP contribution >= 0.6 is 23.4 Å². The van der Waals surface area contributed by atoms with E-state index < -0.39 is 0 Å². The Bertz CT molecular complexity index is 1090. The number of aryl methyl sites for hydroxylation is 1. The van der Waals surface area contributed by atoms with Crippen molar-refractivity contribution in [2.24, 2.45) is 0 Å². The average Bonchev–Trinajstić information content (AvgIpc) is 3.20. The van der Waals surface area contributed by atoms with Crippen molar-refractivity contribution < 1.29 is 9.59 Å². The molecule has 1 aliphatic heterocycles. The quantitative estimate of drug-likeness (QED) is 0.440. The third-order valence-electron chi connectivity index (χ3n) is 5.78. The topological polar surface area (TPSA) is 49.4 Å². The zero-order chi connectivity index (χ0) is 23.2. The number of carbonyl (C=O) groups is 2. The third kappa shape index (κ3) is 6.18. The van der Waals surface area contributed by atoms with Crippen molar-refractivity contribution in [3.05, 3.63) is 106 Å². The molecule has 170 valence electrons. The first-order valence-corrected chi connectivity index (χ1v) is 12.5. The molecule has 33 heavy (non-hydrogen) atoms. The molecular formula is C27H27ClN2O2S. The maximum atomic E-state index is 12.7. The Kier molecular flexibility index (Phi) is 7.73. The molecule has 0 bridgehead atoms. The summed E-state index contributed by atoms with van der Waals surface area (Å²) in [6.45, 7) is 2.57. The van der Waals surface area contributed by atoms with E-state index in [1.54, 1.807) is 11.8 Å². The zero-order valence-corrected chi connectivity index (χ0v) is 20.1. The Hall–Kier alpha value is -2.76. The molecule has 1 heterocycles. The summed E-state index contributed by atoms with van der Waals surface area (Å²) in [4.78, 5) is 27.1. The van der Waals surface area contributed by atoms with Crippen LogP contribution in [0.2, 0.25) is 5.02 Å². The number of nitrogens with one attached hydrogen (secondary N) is 1. The lowest BCUT2D eigenvalue weighted by atomic mass is 10.1. The minimum absolute atomic E-state index is 0.0601. The van der Waals surface area contributed by atoms with Crippen LogP contribution in [0.15, 0.2) is 78.9 Å². The highest BCUT2D eigenvalue weighted by Crippen LogP contribution is 2.39. The van der Waals surface area contributed by atoms with Gasteiger partial charge in [-0.25, -0.2) is 0 Å². The van der Waals surface area contributed by atoms with Crippen LogP contribution < -0.4 is 5.32 Å². The van der Waals surface area contributed by atoms with E-state index in [2.05, 4.69) is 17.4 Å². The highest BCUT2D eigenvalue weighted by Gasteiger charge is 2.32. The molecule has 1 saturated heterocycles. The Balaban J connectivity index is 1.35. The highest BCUT2D eigenvalue weighted by molar-refractivity contribution is 8.00. The second-order valence-electron chi connectivity index (χ2n) is 8.33. The summed E-state index contributed by atoms with van der Waals surface area (Å²) < 4.78 is 0. The first-order valence-electron chi connectivity index (χ1n) is 11.1. The summed E-state index contributed by atoms with van der Waals surface area (Å²) in [7, 11) is 0.